The average molecular weight is 287 g/mol. The van der Waals surface area contributed by atoms with E-state index in [1.54, 1.807) is 0 Å². The number of aliphatic carboxylic acids is 1. The van der Waals surface area contributed by atoms with Gasteiger partial charge in [0.15, 0.2) is 0 Å². The van der Waals surface area contributed by atoms with Crippen LogP contribution in [0.25, 0.3) is 0 Å². The monoisotopic (exact) mass is 287 g/mol. The highest BCUT2D eigenvalue weighted by molar-refractivity contribution is 7.85. The summed E-state index contributed by atoms with van der Waals surface area (Å²) in [6.07, 6.45) is 4.16. The van der Waals surface area contributed by atoms with Crippen LogP contribution in [0.15, 0.2) is 0 Å². The largest absolute Gasteiger partial charge is 0.480 e. The van der Waals surface area contributed by atoms with Crippen LogP contribution in [0.1, 0.15) is 46.5 Å². The predicted molar refractivity (Wildman–Crippen MR) is 76.6 cm³/mol. The van der Waals surface area contributed by atoms with Crippen LogP contribution in [0.4, 0.5) is 0 Å². The van der Waals surface area contributed by atoms with Crippen LogP contribution in [0, 0.1) is 11.3 Å². The summed E-state index contributed by atoms with van der Waals surface area (Å²) in [5.41, 5.74) is 0.290. The molecule has 0 spiro atoms. The Morgan fingerprint density at radius 1 is 1.42 bits per heavy atom. The Labute approximate surface area is 117 Å². The molecule has 2 fully saturated rings. The van der Waals surface area contributed by atoms with E-state index in [0.717, 1.165) is 25.7 Å². The minimum atomic E-state index is -1.01. The smallest absolute Gasteiger partial charge is 0.321 e. The van der Waals surface area contributed by atoms with E-state index >= 15 is 0 Å². The van der Waals surface area contributed by atoms with Crippen LogP contribution in [0.3, 0.4) is 0 Å². The molecule has 19 heavy (non-hydrogen) atoms. The van der Waals surface area contributed by atoms with Crippen LogP contribution in [-0.4, -0.2) is 38.4 Å². The fraction of sp³-hybridized carbons (Fsp3) is 0.929. The van der Waals surface area contributed by atoms with Crippen LogP contribution in [-0.2, 0) is 15.6 Å². The van der Waals surface area contributed by atoms with Gasteiger partial charge in [0.1, 0.15) is 6.04 Å². The van der Waals surface area contributed by atoms with Crippen molar-refractivity contribution in [2.24, 2.45) is 11.3 Å². The SMILES string of the molecule is CCC(C)(C)C1CCC2NC(C(=O)O)CS(=O)C2C1. The number of hydrogen-bond donors (Lipinski definition) is 2. The summed E-state index contributed by atoms with van der Waals surface area (Å²) < 4.78 is 12.3. The molecule has 5 unspecified atom stereocenters. The highest BCUT2D eigenvalue weighted by atomic mass is 32.2. The van der Waals surface area contributed by atoms with Crippen LogP contribution < -0.4 is 5.32 Å². The summed E-state index contributed by atoms with van der Waals surface area (Å²) in [7, 11) is -1.01. The van der Waals surface area contributed by atoms with Gasteiger partial charge in [0.05, 0.1) is 5.25 Å². The van der Waals surface area contributed by atoms with Gasteiger partial charge in [-0.15, -0.1) is 0 Å². The second-order valence-corrected chi connectivity index (χ2v) is 8.30. The average Bonchev–Trinajstić information content (AvgIpc) is 2.38. The second kappa shape index (κ2) is 5.52. The fourth-order valence-electron chi connectivity index (χ4n) is 3.35. The summed E-state index contributed by atoms with van der Waals surface area (Å²) in [6.45, 7) is 6.79. The summed E-state index contributed by atoms with van der Waals surface area (Å²) >= 11 is 0. The topological polar surface area (TPSA) is 66.4 Å². The van der Waals surface area contributed by atoms with Crippen LogP contribution in [0.5, 0.6) is 0 Å². The molecule has 1 saturated carbocycles. The molecule has 0 aromatic carbocycles. The van der Waals surface area contributed by atoms with Gasteiger partial charge in [0.25, 0.3) is 0 Å². The Morgan fingerprint density at radius 3 is 2.68 bits per heavy atom. The molecule has 110 valence electrons. The lowest BCUT2D eigenvalue weighted by Gasteiger charge is -2.45. The molecule has 1 saturated heterocycles. The molecule has 0 bridgehead atoms. The standard InChI is InChI=1S/C14H25NO3S/c1-4-14(2,3)9-5-6-10-12(7-9)19(18)8-11(15-10)13(16)17/h9-12,15H,4-8H2,1-3H3,(H,16,17). The number of carboxylic acid groups (broad SMARTS) is 1. The van der Waals surface area contributed by atoms with Crippen molar-refractivity contribution in [3.05, 3.63) is 0 Å². The molecule has 1 aliphatic carbocycles. The first-order chi connectivity index (χ1) is 8.85. The van der Waals surface area contributed by atoms with Crippen LogP contribution in [0.2, 0.25) is 0 Å². The molecule has 2 rings (SSSR count). The number of fused-ring (bicyclic) bond motifs is 1. The van der Waals surface area contributed by atoms with Crippen molar-refractivity contribution < 1.29 is 14.1 Å². The molecule has 5 heteroatoms. The fourth-order valence-corrected chi connectivity index (χ4v) is 5.19. The first-order valence-corrected chi connectivity index (χ1v) is 8.59. The summed E-state index contributed by atoms with van der Waals surface area (Å²) in [5, 5.41) is 12.4. The van der Waals surface area contributed by atoms with Gasteiger partial charge >= 0.3 is 5.97 Å². The number of nitrogens with one attached hydrogen (secondary N) is 1. The first kappa shape index (κ1) is 15.0. The van der Waals surface area contributed by atoms with E-state index < -0.39 is 22.8 Å². The van der Waals surface area contributed by atoms with E-state index in [0.29, 0.717) is 11.3 Å². The third-order valence-electron chi connectivity index (χ3n) is 5.19. The van der Waals surface area contributed by atoms with Crippen molar-refractivity contribution in [2.45, 2.75) is 63.8 Å². The molecule has 1 aliphatic heterocycles. The van der Waals surface area contributed by atoms with Crippen molar-refractivity contribution in [1.82, 2.24) is 5.32 Å². The van der Waals surface area contributed by atoms with E-state index in [2.05, 4.69) is 26.1 Å². The van der Waals surface area contributed by atoms with E-state index in [1.807, 2.05) is 0 Å². The van der Waals surface area contributed by atoms with E-state index in [1.165, 1.54) is 0 Å². The molecule has 0 aromatic rings. The molecule has 2 aliphatic rings. The molecule has 2 N–H and O–H groups in total. The lowest BCUT2D eigenvalue weighted by Crippen LogP contribution is -2.60. The van der Waals surface area contributed by atoms with Gasteiger partial charge < -0.3 is 5.11 Å². The Kier molecular flexibility index (Phi) is 4.35. The molecule has 1 heterocycles. The van der Waals surface area contributed by atoms with Crippen molar-refractivity contribution in [3.8, 4) is 0 Å². The minimum absolute atomic E-state index is 0.125. The van der Waals surface area contributed by atoms with Crippen molar-refractivity contribution in [1.29, 1.82) is 0 Å². The van der Waals surface area contributed by atoms with Gasteiger partial charge in [0.2, 0.25) is 0 Å². The number of rotatable bonds is 3. The van der Waals surface area contributed by atoms with Gasteiger partial charge in [-0.1, -0.05) is 27.2 Å². The second-order valence-electron chi connectivity index (χ2n) is 6.60. The van der Waals surface area contributed by atoms with E-state index in [9.17, 15) is 9.00 Å². The van der Waals surface area contributed by atoms with Gasteiger partial charge in [-0.2, -0.15) is 0 Å². The number of hydrogen-bond acceptors (Lipinski definition) is 3. The first-order valence-electron chi connectivity index (χ1n) is 7.21. The van der Waals surface area contributed by atoms with Crippen LogP contribution >= 0.6 is 0 Å². The van der Waals surface area contributed by atoms with Crippen molar-refractivity contribution in [3.63, 3.8) is 0 Å². The summed E-state index contributed by atoms with van der Waals surface area (Å²) in [4.78, 5) is 11.0. The lowest BCUT2D eigenvalue weighted by molar-refractivity contribution is -0.139. The zero-order chi connectivity index (χ0) is 14.2. The summed E-state index contributed by atoms with van der Waals surface area (Å²) in [5.74, 6) is -0.0100. The minimum Gasteiger partial charge on any atom is -0.480 e. The van der Waals surface area contributed by atoms with Crippen molar-refractivity contribution >= 4 is 16.8 Å². The zero-order valence-electron chi connectivity index (χ0n) is 12.0. The molecule has 0 radical (unpaired) electrons. The maximum atomic E-state index is 12.3. The van der Waals surface area contributed by atoms with Gasteiger partial charge in [-0.05, 0) is 30.6 Å². The van der Waals surface area contributed by atoms with E-state index in [-0.39, 0.29) is 17.0 Å². The zero-order valence-corrected chi connectivity index (χ0v) is 12.8. The summed E-state index contributed by atoms with van der Waals surface area (Å²) in [6, 6.07) is -0.502. The Balaban J connectivity index is 2.07. The molecule has 5 atom stereocenters. The predicted octanol–water partition coefficient (Wildman–Crippen LogP) is 1.76. The molecule has 4 nitrogen and oxygen atoms in total. The molecule has 0 amide bonds. The molecule has 0 aromatic heterocycles. The van der Waals surface area contributed by atoms with Gasteiger partial charge in [-0.3, -0.25) is 14.3 Å². The Morgan fingerprint density at radius 2 is 2.11 bits per heavy atom. The molecular formula is C14H25NO3S. The third-order valence-corrected chi connectivity index (χ3v) is 7.05. The number of carboxylic acids is 1. The lowest BCUT2D eigenvalue weighted by atomic mass is 9.68. The normalized spacial score (nSPS) is 39.6. The number of carbonyl (C=O) groups is 1. The van der Waals surface area contributed by atoms with Crippen molar-refractivity contribution in [2.75, 3.05) is 5.75 Å². The van der Waals surface area contributed by atoms with E-state index in [4.69, 9.17) is 5.11 Å². The maximum absolute atomic E-state index is 12.3. The quantitative estimate of drug-likeness (QED) is 0.830. The van der Waals surface area contributed by atoms with Gasteiger partial charge in [0, 0.05) is 22.6 Å². The Hall–Kier alpha value is -0.420. The van der Waals surface area contributed by atoms with Gasteiger partial charge in [-0.25, -0.2) is 0 Å². The Bertz CT molecular complexity index is 383. The third kappa shape index (κ3) is 3.02. The molecular weight excluding hydrogens is 262 g/mol. The maximum Gasteiger partial charge on any atom is 0.321 e. The highest BCUT2D eigenvalue weighted by Gasteiger charge is 2.44. The highest BCUT2D eigenvalue weighted by Crippen LogP contribution is 2.42.